The number of carbonyl (C=O) groups excluding carboxylic acids is 1. The summed E-state index contributed by atoms with van der Waals surface area (Å²) in [6.07, 6.45) is 0.00519. The lowest BCUT2D eigenvalue weighted by Crippen LogP contribution is -2.14. The molecule has 0 fully saturated rings. The number of anilines is 1. The SMILES string of the molecule is CCOC(=O)Cc1sc(NS(=O)(=O)c2cc(C)ccc2OC)nc1-c1ccccc1. The fraction of sp³-hybridized carbons (Fsp3) is 0.238. The third kappa shape index (κ3) is 4.98. The summed E-state index contributed by atoms with van der Waals surface area (Å²) in [5, 5.41) is 0.164. The van der Waals surface area contributed by atoms with Gasteiger partial charge in [0.25, 0.3) is 10.0 Å². The molecule has 0 unspecified atom stereocenters. The van der Waals surface area contributed by atoms with Crippen LogP contribution in [0.1, 0.15) is 17.4 Å². The Bertz CT molecular complexity index is 1140. The molecule has 30 heavy (non-hydrogen) atoms. The molecule has 1 N–H and O–H groups in total. The second-order valence-corrected chi connectivity index (χ2v) is 9.13. The Labute approximate surface area is 179 Å². The number of hydrogen-bond donors (Lipinski definition) is 1. The van der Waals surface area contributed by atoms with E-state index >= 15 is 0 Å². The van der Waals surface area contributed by atoms with Crippen LogP contribution in [0.4, 0.5) is 5.13 Å². The molecule has 1 heterocycles. The summed E-state index contributed by atoms with van der Waals surface area (Å²) in [4.78, 5) is 17.1. The Hall–Kier alpha value is -2.91. The third-order valence-corrected chi connectivity index (χ3v) is 6.65. The van der Waals surface area contributed by atoms with E-state index in [4.69, 9.17) is 9.47 Å². The molecule has 0 amide bonds. The van der Waals surface area contributed by atoms with E-state index in [2.05, 4.69) is 9.71 Å². The summed E-state index contributed by atoms with van der Waals surface area (Å²) in [5.41, 5.74) is 2.11. The molecule has 0 saturated heterocycles. The zero-order chi connectivity index (χ0) is 21.7. The highest BCUT2D eigenvalue weighted by Crippen LogP contribution is 2.34. The largest absolute Gasteiger partial charge is 0.495 e. The van der Waals surface area contributed by atoms with Gasteiger partial charge in [-0.1, -0.05) is 47.7 Å². The smallest absolute Gasteiger partial charge is 0.311 e. The highest BCUT2D eigenvalue weighted by atomic mass is 32.2. The fourth-order valence-electron chi connectivity index (χ4n) is 2.84. The standard InChI is InChI=1S/C21H22N2O5S2/c1-4-28-19(24)13-17-20(15-8-6-5-7-9-15)22-21(29-17)23-30(25,26)18-12-14(2)10-11-16(18)27-3/h5-12H,4,13H2,1-3H3,(H,22,23). The van der Waals surface area contributed by atoms with Crippen molar-refractivity contribution < 1.29 is 22.7 Å². The molecular weight excluding hydrogens is 424 g/mol. The Morgan fingerprint density at radius 3 is 2.57 bits per heavy atom. The van der Waals surface area contributed by atoms with Crippen LogP contribution in [0.15, 0.2) is 53.4 Å². The van der Waals surface area contributed by atoms with Gasteiger partial charge in [0, 0.05) is 10.4 Å². The Morgan fingerprint density at radius 1 is 1.17 bits per heavy atom. The zero-order valence-corrected chi connectivity index (χ0v) is 18.5. The van der Waals surface area contributed by atoms with Crippen molar-refractivity contribution in [3.63, 3.8) is 0 Å². The van der Waals surface area contributed by atoms with Gasteiger partial charge in [0.1, 0.15) is 10.6 Å². The first-order chi connectivity index (χ1) is 14.3. The first-order valence-corrected chi connectivity index (χ1v) is 11.5. The van der Waals surface area contributed by atoms with Gasteiger partial charge in [-0.05, 0) is 31.5 Å². The van der Waals surface area contributed by atoms with Crippen molar-refractivity contribution in [1.82, 2.24) is 4.98 Å². The Balaban J connectivity index is 1.99. The van der Waals surface area contributed by atoms with Gasteiger partial charge in [-0.3, -0.25) is 9.52 Å². The average molecular weight is 447 g/mol. The van der Waals surface area contributed by atoms with Crippen molar-refractivity contribution in [3.05, 3.63) is 59.0 Å². The van der Waals surface area contributed by atoms with Gasteiger partial charge in [-0.25, -0.2) is 13.4 Å². The Kier molecular flexibility index (Phi) is 6.73. The van der Waals surface area contributed by atoms with Crippen molar-refractivity contribution >= 4 is 32.5 Å². The number of rotatable bonds is 8. The van der Waals surface area contributed by atoms with E-state index in [0.29, 0.717) is 10.6 Å². The molecule has 7 nitrogen and oxygen atoms in total. The van der Waals surface area contributed by atoms with Crippen LogP contribution < -0.4 is 9.46 Å². The highest BCUT2D eigenvalue weighted by molar-refractivity contribution is 7.93. The number of ether oxygens (including phenoxy) is 2. The maximum absolute atomic E-state index is 13.0. The van der Waals surface area contributed by atoms with Crippen molar-refractivity contribution in [2.24, 2.45) is 0 Å². The maximum Gasteiger partial charge on any atom is 0.311 e. The molecular formula is C21H22N2O5S2. The zero-order valence-electron chi connectivity index (χ0n) is 16.8. The number of thiazole rings is 1. The van der Waals surface area contributed by atoms with Crippen molar-refractivity contribution in [3.8, 4) is 17.0 Å². The summed E-state index contributed by atoms with van der Waals surface area (Å²) in [6.45, 7) is 3.80. The van der Waals surface area contributed by atoms with Gasteiger partial charge < -0.3 is 9.47 Å². The maximum atomic E-state index is 13.0. The van der Waals surface area contributed by atoms with Gasteiger partial charge in [-0.2, -0.15) is 0 Å². The number of carbonyl (C=O) groups is 1. The minimum Gasteiger partial charge on any atom is -0.495 e. The monoisotopic (exact) mass is 446 g/mol. The van der Waals surface area contributed by atoms with E-state index < -0.39 is 16.0 Å². The minimum absolute atomic E-state index is 0.00519. The first kappa shape index (κ1) is 21.8. The lowest BCUT2D eigenvalue weighted by molar-refractivity contribution is -0.142. The molecule has 0 aliphatic rings. The number of hydrogen-bond acceptors (Lipinski definition) is 7. The lowest BCUT2D eigenvalue weighted by Gasteiger charge is -2.10. The van der Waals surface area contributed by atoms with Crippen LogP contribution in [0.25, 0.3) is 11.3 Å². The molecule has 1 aromatic heterocycles. The third-order valence-electron chi connectivity index (χ3n) is 4.19. The molecule has 0 aliphatic heterocycles. The molecule has 2 aromatic carbocycles. The highest BCUT2D eigenvalue weighted by Gasteiger charge is 2.24. The Morgan fingerprint density at radius 2 is 1.90 bits per heavy atom. The second kappa shape index (κ2) is 9.27. The summed E-state index contributed by atoms with van der Waals surface area (Å²) in [7, 11) is -2.53. The van der Waals surface area contributed by atoms with Crippen LogP contribution in [0.2, 0.25) is 0 Å². The normalized spacial score (nSPS) is 11.2. The van der Waals surface area contributed by atoms with Gasteiger partial charge in [-0.15, -0.1) is 0 Å². The number of methoxy groups -OCH3 is 1. The molecule has 9 heteroatoms. The number of aromatic nitrogens is 1. The fourth-order valence-corrected chi connectivity index (χ4v) is 5.30. The molecule has 0 spiro atoms. The van der Waals surface area contributed by atoms with Gasteiger partial charge in [0.05, 0.1) is 25.8 Å². The quantitative estimate of drug-likeness (QED) is 0.525. The molecule has 0 atom stereocenters. The van der Waals surface area contributed by atoms with Crippen molar-refractivity contribution in [2.45, 2.75) is 25.2 Å². The molecule has 0 aliphatic carbocycles. The summed E-state index contributed by atoms with van der Waals surface area (Å²) in [5.74, 6) is -0.159. The van der Waals surface area contributed by atoms with Crippen molar-refractivity contribution in [2.75, 3.05) is 18.4 Å². The van der Waals surface area contributed by atoms with Gasteiger partial charge in [0.15, 0.2) is 5.13 Å². The van der Waals surface area contributed by atoms with E-state index in [0.717, 1.165) is 22.5 Å². The molecule has 0 radical (unpaired) electrons. The molecule has 0 bridgehead atoms. The topological polar surface area (TPSA) is 94.6 Å². The molecule has 0 saturated carbocycles. The lowest BCUT2D eigenvalue weighted by atomic mass is 10.1. The van der Waals surface area contributed by atoms with Crippen LogP contribution in [0, 0.1) is 6.92 Å². The number of benzene rings is 2. The molecule has 3 rings (SSSR count). The summed E-state index contributed by atoms with van der Waals surface area (Å²) >= 11 is 1.10. The van der Waals surface area contributed by atoms with Crippen LogP contribution in [0.5, 0.6) is 5.75 Å². The van der Waals surface area contributed by atoms with Gasteiger partial charge >= 0.3 is 5.97 Å². The number of sulfonamides is 1. The van der Waals surface area contributed by atoms with E-state index in [1.54, 1.807) is 26.0 Å². The predicted octanol–water partition coefficient (Wildman–Crippen LogP) is 4.03. The number of esters is 1. The average Bonchev–Trinajstić information content (AvgIpc) is 3.10. The summed E-state index contributed by atoms with van der Waals surface area (Å²) < 4.78 is 38.8. The van der Waals surface area contributed by atoms with Gasteiger partial charge in [0.2, 0.25) is 0 Å². The number of nitrogens with one attached hydrogen (secondary N) is 1. The molecule has 3 aromatic rings. The number of aryl methyl sites for hydroxylation is 1. The van der Waals surface area contributed by atoms with E-state index in [1.807, 2.05) is 30.3 Å². The van der Waals surface area contributed by atoms with E-state index in [1.165, 1.54) is 13.2 Å². The van der Waals surface area contributed by atoms with Crippen LogP contribution in [-0.2, 0) is 26.0 Å². The summed E-state index contributed by atoms with van der Waals surface area (Å²) in [6, 6.07) is 14.2. The van der Waals surface area contributed by atoms with Crippen molar-refractivity contribution in [1.29, 1.82) is 0 Å². The minimum atomic E-state index is -3.95. The van der Waals surface area contributed by atoms with Crippen LogP contribution >= 0.6 is 11.3 Å². The van der Waals surface area contributed by atoms with Crippen LogP contribution in [-0.4, -0.2) is 33.1 Å². The van der Waals surface area contributed by atoms with E-state index in [-0.39, 0.29) is 28.8 Å². The molecule has 158 valence electrons. The number of nitrogens with zero attached hydrogens (tertiary/aromatic N) is 1. The predicted molar refractivity (Wildman–Crippen MR) is 116 cm³/mol. The second-order valence-electron chi connectivity index (χ2n) is 6.40. The van der Waals surface area contributed by atoms with Crippen LogP contribution in [0.3, 0.4) is 0 Å². The van der Waals surface area contributed by atoms with E-state index in [9.17, 15) is 13.2 Å². The first-order valence-electron chi connectivity index (χ1n) is 9.22.